The number of ether oxygens (including phenoxy) is 1. The van der Waals surface area contributed by atoms with Gasteiger partial charge in [-0.15, -0.1) is 0 Å². The fourth-order valence-corrected chi connectivity index (χ4v) is 5.16. The Morgan fingerprint density at radius 1 is 1.17 bits per heavy atom. The van der Waals surface area contributed by atoms with Crippen LogP contribution in [0.4, 0.5) is 0 Å². The van der Waals surface area contributed by atoms with Crippen LogP contribution in [0.15, 0.2) is 53.1 Å². The molecule has 156 valence electrons. The molecule has 1 aliphatic heterocycles. The van der Waals surface area contributed by atoms with E-state index in [0.29, 0.717) is 39.3 Å². The maximum Gasteiger partial charge on any atom is 0.258 e. The molecule has 1 N–H and O–H groups in total. The highest BCUT2D eigenvalue weighted by molar-refractivity contribution is 7.91. The standard InChI is InChI=1S/C21H18ClNO6S/c22-14-3-1-13(2-4-14)21(25)18-10-29-19-6-5-16(9-17(18)19)28-11-20(24)23-15-7-8-30(26,27)12-15/h1-6,9-10,15H,7-8,11-12H2,(H,23,24)/t15-/m1/s1. The summed E-state index contributed by atoms with van der Waals surface area (Å²) in [6.07, 6.45) is 1.80. The van der Waals surface area contributed by atoms with E-state index in [1.807, 2.05) is 0 Å². The van der Waals surface area contributed by atoms with E-state index in [1.54, 1.807) is 42.5 Å². The summed E-state index contributed by atoms with van der Waals surface area (Å²) in [4.78, 5) is 24.9. The van der Waals surface area contributed by atoms with Crippen LogP contribution in [0, 0.1) is 0 Å². The second-order valence-corrected chi connectivity index (χ2v) is 9.76. The molecule has 1 saturated heterocycles. The van der Waals surface area contributed by atoms with E-state index >= 15 is 0 Å². The molecular formula is C21H18ClNO6S. The monoisotopic (exact) mass is 447 g/mol. The first-order valence-corrected chi connectivity index (χ1v) is 11.4. The predicted octanol–water partition coefficient (Wildman–Crippen LogP) is 3.00. The number of sulfone groups is 1. The van der Waals surface area contributed by atoms with Gasteiger partial charge in [-0.25, -0.2) is 8.42 Å². The second kappa shape index (κ2) is 8.12. The molecule has 30 heavy (non-hydrogen) atoms. The molecule has 3 aromatic rings. The SMILES string of the molecule is O=C(COc1ccc2occ(C(=O)c3ccc(Cl)cc3)c2c1)N[C@@H]1CCS(=O)(=O)C1. The number of hydrogen-bond donors (Lipinski definition) is 1. The number of ketones is 1. The van der Waals surface area contributed by atoms with Crippen LogP contribution in [0.3, 0.4) is 0 Å². The van der Waals surface area contributed by atoms with E-state index in [0.717, 1.165) is 0 Å². The molecule has 0 radical (unpaired) electrons. The van der Waals surface area contributed by atoms with E-state index in [1.165, 1.54) is 6.26 Å². The molecule has 1 amide bonds. The first kappa shape index (κ1) is 20.4. The molecule has 2 aromatic carbocycles. The van der Waals surface area contributed by atoms with Gasteiger partial charge in [0.15, 0.2) is 22.2 Å². The van der Waals surface area contributed by atoms with Gasteiger partial charge >= 0.3 is 0 Å². The van der Waals surface area contributed by atoms with E-state index < -0.39 is 15.7 Å². The van der Waals surface area contributed by atoms with Gasteiger partial charge in [-0.2, -0.15) is 0 Å². The average molecular weight is 448 g/mol. The van der Waals surface area contributed by atoms with E-state index in [2.05, 4.69) is 5.32 Å². The highest BCUT2D eigenvalue weighted by atomic mass is 35.5. The Kier molecular flexibility index (Phi) is 5.53. The molecular weight excluding hydrogens is 430 g/mol. The van der Waals surface area contributed by atoms with Crippen LogP contribution in [0.25, 0.3) is 11.0 Å². The lowest BCUT2D eigenvalue weighted by atomic mass is 10.0. The van der Waals surface area contributed by atoms with Gasteiger partial charge in [-0.3, -0.25) is 9.59 Å². The van der Waals surface area contributed by atoms with E-state index in [9.17, 15) is 18.0 Å². The number of hydrogen-bond acceptors (Lipinski definition) is 6. The molecule has 1 fully saturated rings. The maximum atomic E-state index is 12.8. The molecule has 7 nitrogen and oxygen atoms in total. The Balaban J connectivity index is 1.45. The van der Waals surface area contributed by atoms with Crippen molar-refractivity contribution >= 4 is 44.1 Å². The summed E-state index contributed by atoms with van der Waals surface area (Å²) in [5, 5.41) is 3.77. The Morgan fingerprint density at radius 2 is 1.93 bits per heavy atom. The molecule has 4 rings (SSSR count). The van der Waals surface area contributed by atoms with Gasteiger partial charge in [-0.1, -0.05) is 11.6 Å². The van der Waals surface area contributed by atoms with Crippen LogP contribution in [0.2, 0.25) is 5.02 Å². The minimum Gasteiger partial charge on any atom is -0.484 e. The number of fused-ring (bicyclic) bond motifs is 1. The average Bonchev–Trinajstić information content (AvgIpc) is 3.28. The minimum absolute atomic E-state index is 0.0457. The lowest BCUT2D eigenvalue weighted by molar-refractivity contribution is -0.123. The summed E-state index contributed by atoms with van der Waals surface area (Å²) in [6.45, 7) is -0.264. The quantitative estimate of drug-likeness (QED) is 0.583. The van der Waals surface area contributed by atoms with E-state index in [4.69, 9.17) is 20.8 Å². The van der Waals surface area contributed by atoms with Crippen LogP contribution < -0.4 is 10.1 Å². The summed E-state index contributed by atoms with van der Waals surface area (Å²) in [6, 6.07) is 11.1. The van der Waals surface area contributed by atoms with Gasteiger partial charge in [0.1, 0.15) is 17.6 Å². The number of carbonyl (C=O) groups excluding carboxylic acids is 2. The molecule has 1 aliphatic rings. The van der Waals surface area contributed by atoms with Crippen molar-refractivity contribution in [2.24, 2.45) is 0 Å². The number of amides is 1. The van der Waals surface area contributed by atoms with Crippen LogP contribution in [0.1, 0.15) is 22.3 Å². The number of halogens is 1. The van der Waals surface area contributed by atoms with Crippen molar-refractivity contribution < 1.29 is 27.2 Å². The molecule has 0 bridgehead atoms. The molecule has 0 spiro atoms. The summed E-state index contributed by atoms with van der Waals surface area (Å²) in [7, 11) is -3.07. The fourth-order valence-electron chi connectivity index (χ4n) is 3.36. The van der Waals surface area contributed by atoms with Crippen LogP contribution in [-0.4, -0.2) is 44.3 Å². The lowest BCUT2D eigenvalue weighted by Gasteiger charge is -2.11. The molecule has 1 atom stereocenters. The molecule has 2 heterocycles. The maximum absolute atomic E-state index is 12.8. The van der Waals surface area contributed by atoms with Crippen molar-refractivity contribution in [1.29, 1.82) is 0 Å². The molecule has 1 aromatic heterocycles. The van der Waals surface area contributed by atoms with E-state index in [-0.39, 0.29) is 29.9 Å². The normalized spacial score (nSPS) is 17.7. The Bertz CT molecular complexity index is 1220. The van der Waals surface area contributed by atoms with Crippen molar-refractivity contribution in [3.05, 3.63) is 64.9 Å². The van der Waals surface area contributed by atoms with Gasteiger partial charge in [0.25, 0.3) is 5.91 Å². The third kappa shape index (κ3) is 4.49. The minimum atomic E-state index is -3.07. The number of rotatable bonds is 6. The third-order valence-electron chi connectivity index (χ3n) is 4.86. The van der Waals surface area contributed by atoms with Crippen molar-refractivity contribution in [3.63, 3.8) is 0 Å². The van der Waals surface area contributed by atoms with Crippen molar-refractivity contribution in [2.75, 3.05) is 18.1 Å². The smallest absolute Gasteiger partial charge is 0.258 e. The molecule has 0 unspecified atom stereocenters. The van der Waals surface area contributed by atoms with Crippen molar-refractivity contribution in [1.82, 2.24) is 5.32 Å². The number of nitrogens with one attached hydrogen (secondary N) is 1. The fraction of sp³-hybridized carbons (Fsp3) is 0.238. The van der Waals surface area contributed by atoms with Crippen LogP contribution in [-0.2, 0) is 14.6 Å². The number of carbonyl (C=O) groups is 2. The van der Waals surface area contributed by atoms with Gasteiger partial charge in [0.05, 0.1) is 17.1 Å². The van der Waals surface area contributed by atoms with Gasteiger partial charge in [0, 0.05) is 22.0 Å². The first-order valence-electron chi connectivity index (χ1n) is 9.25. The Hall–Kier alpha value is -2.84. The molecule has 0 aliphatic carbocycles. The van der Waals surface area contributed by atoms with Gasteiger partial charge < -0.3 is 14.5 Å². The van der Waals surface area contributed by atoms with Crippen LogP contribution >= 0.6 is 11.6 Å². The Labute approximate surface area is 177 Å². The zero-order chi connectivity index (χ0) is 21.3. The zero-order valence-electron chi connectivity index (χ0n) is 15.8. The van der Waals surface area contributed by atoms with Crippen molar-refractivity contribution in [2.45, 2.75) is 12.5 Å². The van der Waals surface area contributed by atoms with Crippen LogP contribution in [0.5, 0.6) is 5.75 Å². The van der Waals surface area contributed by atoms with Gasteiger partial charge in [0.2, 0.25) is 0 Å². The Morgan fingerprint density at radius 3 is 2.63 bits per heavy atom. The van der Waals surface area contributed by atoms with Gasteiger partial charge in [-0.05, 0) is 48.9 Å². The van der Waals surface area contributed by atoms with Crippen molar-refractivity contribution in [3.8, 4) is 5.75 Å². The summed E-state index contributed by atoms with van der Waals surface area (Å²) in [5.41, 5.74) is 1.36. The molecule has 9 heteroatoms. The molecule has 0 saturated carbocycles. The third-order valence-corrected chi connectivity index (χ3v) is 6.88. The lowest BCUT2D eigenvalue weighted by Crippen LogP contribution is -2.38. The highest BCUT2D eigenvalue weighted by Crippen LogP contribution is 2.28. The predicted molar refractivity (Wildman–Crippen MR) is 112 cm³/mol. The first-order chi connectivity index (χ1) is 14.3. The summed E-state index contributed by atoms with van der Waals surface area (Å²) in [5.74, 6) is -0.191. The largest absolute Gasteiger partial charge is 0.484 e. The topological polar surface area (TPSA) is 103 Å². The summed E-state index contributed by atoms with van der Waals surface area (Å²) >= 11 is 5.88. The number of furan rings is 1. The highest BCUT2D eigenvalue weighted by Gasteiger charge is 2.28. The summed E-state index contributed by atoms with van der Waals surface area (Å²) < 4.78 is 34.0. The zero-order valence-corrected chi connectivity index (χ0v) is 17.3. The number of benzene rings is 2. The second-order valence-electron chi connectivity index (χ2n) is 7.10.